The molecule has 3 N–H and O–H groups in total. The van der Waals surface area contributed by atoms with Gasteiger partial charge in [-0.05, 0) is 18.9 Å². The number of rotatable bonds is 5. The first kappa shape index (κ1) is 13.5. The molecule has 0 saturated carbocycles. The highest BCUT2D eigenvalue weighted by Gasteiger charge is 2.17. The molecule has 0 aliphatic carbocycles. The van der Waals surface area contributed by atoms with Crippen molar-refractivity contribution >= 4 is 6.03 Å². The van der Waals surface area contributed by atoms with Gasteiger partial charge in [0, 0.05) is 13.1 Å². The lowest BCUT2D eigenvalue weighted by Crippen LogP contribution is -2.44. The molecular formula is C13H20N2O2. The van der Waals surface area contributed by atoms with Crippen molar-refractivity contribution in [1.29, 1.82) is 0 Å². The monoisotopic (exact) mass is 236 g/mol. The molecule has 2 amide bonds. The van der Waals surface area contributed by atoms with E-state index in [0.29, 0.717) is 13.0 Å². The van der Waals surface area contributed by atoms with Crippen molar-refractivity contribution in [3.05, 3.63) is 35.9 Å². The highest BCUT2D eigenvalue weighted by Crippen LogP contribution is 2.05. The Hall–Kier alpha value is -1.55. The topological polar surface area (TPSA) is 61.4 Å². The third kappa shape index (κ3) is 5.36. The Balaban J connectivity index is 2.27. The smallest absolute Gasteiger partial charge is 0.315 e. The fraction of sp³-hybridized carbons (Fsp3) is 0.462. The maximum absolute atomic E-state index is 11.4. The Bertz CT molecular complexity index is 350. The first-order valence-corrected chi connectivity index (χ1v) is 5.81. The molecule has 0 aliphatic heterocycles. The maximum Gasteiger partial charge on any atom is 0.315 e. The van der Waals surface area contributed by atoms with Crippen LogP contribution in [0.1, 0.15) is 25.8 Å². The lowest BCUT2D eigenvalue weighted by molar-refractivity contribution is 0.0581. The average molecular weight is 236 g/mol. The van der Waals surface area contributed by atoms with E-state index in [0.717, 1.165) is 5.56 Å². The molecule has 17 heavy (non-hydrogen) atoms. The molecule has 1 atom stereocenters. The van der Waals surface area contributed by atoms with Crippen molar-refractivity contribution in [2.24, 2.45) is 0 Å². The third-order valence-electron chi connectivity index (χ3n) is 2.69. The predicted octanol–water partition coefficient (Wildman–Crippen LogP) is 1.65. The van der Waals surface area contributed by atoms with Gasteiger partial charge >= 0.3 is 6.03 Å². The van der Waals surface area contributed by atoms with E-state index in [4.69, 9.17) is 0 Å². The minimum Gasteiger partial charge on any atom is -0.388 e. The zero-order valence-corrected chi connectivity index (χ0v) is 10.4. The van der Waals surface area contributed by atoms with Crippen LogP contribution in [0, 0.1) is 0 Å². The molecule has 0 heterocycles. The molecule has 0 aromatic heterocycles. The van der Waals surface area contributed by atoms with E-state index >= 15 is 0 Å². The summed E-state index contributed by atoms with van der Waals surface area (Å²) in [5, 5.41) is 15.1. The van der Waals surface area contributed by atoms with Crippen LogP contribution >= 0.6 is 0 Å². The molecule has 1 aromatic rings. The number of nitrogens with one attached hydrogen (secondary N) is 2. The highest BCUT2D eigenvalue weighted by atomic mass is 16.3. The highest BCUT2D eigenvalue weighted by molar-refractivity contribution is 5.73. The van der Waals surface area contributed by atoms with Gasteiger partial charge in [0.05, 0.1) is 5.60 Å². The van der Waals surface area contributed by atoms with E-state index in [9.17, 15) is 9.90 Å². The van der Waals surface area contributed by atoms with Crippen molar-refractivity contribution in [3.63, 3.8) is 0 Å². The number of benzene rings is 1. The molecule has 0 bridgehead atoms. The second-order valence-corrected chi connectivity index (χ2v) is 4.37. The van der Waals surface area contributed by atoms with Crippen LogP contribution in [0.4, 0.5) is 4.79 Å². The quantitative estimate of drug-likeness (QED) is 0.728. The molecule has 4 nitrogen and oxygen atoms in total. The van der Waals surface area contributed by atoms with Crippen LogP contribution < -0.4 is 10.6 Å². The van der Waals surface area contributed by atoms with Crippen LogP contribution in [0.2, 0.25) is 0 Å². The Kier molecular flexibility index (Phi) is 4.97. The van der Waals surface area contributed by atoms with Crippen LogP contribution in [0.3, 0.4) is 0 Å². The third-order valence-corrected chi connectivity index (χ3v) is 2.69. The Morgan fingerprint density at radius 3 is 2.53 bits per heavy atom. The first-order valence-electron chi connectivity index (χ1n) is 5.81. The Morgan fingerprint density at radius 2 is 1.94 bits per heavy atom. The number of carbonyl (C=O) groups is 1. The van der Waals surface area contributed by atoms with Crippen LogP contribution in [0.5, 0.6) is 0 Å². The summed E-state index contributed by atoms with van der Waals surface area (Å²) in [5.41, 5.74) is 0.203. The summed E-state index contributed by atoms with van der Waals surface area (Å²) in [4.78, 5) is 11.4. The predicted molar refractivity (Wildman–Crippen MR) is 67.6 cm³/mol. The van der Waals surface area contributed by atoms with Crippen molar-refractivity contribution in [3.8, 4) is 0 Å². The lowest BCUT2D eigenvalue weighted by Gasteiger charge is -2.21. The standard InChI is InChI=1S/C13H20N2O2/c1-3-13(2,17)10-15-12(16)14-9-11-7-5-4-6-8-11/h4-8,17H,3,9-10H2,1-2H3,(H2,14,15,16). The van der Waals surface area contributed by atoms with Gasteiger partial charge in [-0.3, -0.25) is 0 Å². The number of urea groups is 1. The normalized spacial score (nSPS) is 13.8. The minimum absolute atomic E-state index is 0.254. The maximum atomic E-state index is 11.4. The van der Waals surface area contributed by atoms with Gasteiger partial charge in [-0.15, -0.1) is 0 Å². The molecule has 1 aromatic carbocycles. The summed E-state index contributed by atoms with van der Waals surface area (Å²) in [7, 11) is 0. The van der Waals surface area contributed by atoms with E-state index in [2.05, 4.69) is 10.6 Å². The molecule has 94 valence electrons. The van der Waals surface area contributed by atoms with Gasteiger partial charge in [0.1, 0.15) is 0 Å². The van der Waals surface area contributed by atoms with Crippen LogP contribution in [-0.2, 0) is 6.54 Å². The van der Waals surface area contributed by atoms with Gasteiger partial charge in [0.15, 0.2) is 0 Å². The summed E-state index contributed by atoms with van der Waals surface area (Å²) >= 11 is 0. The zero-order valence-electron chi connectivity index (χ0n) is 10.4. The molecule has 0 saturated heterocycles. The molecule has 0 spiro atoms. The zero-order chi connectivity index (χ0) is 12.7. The van der Waals surface area contributed by atoms with E-state index in [1.165, 1.54) is 0 Å². The van der Waals surface area contributed by atoms with Crippen LogP contribution in [-0.4, -0.2) is 23.3 Å². The summed E-state index contributed by atoms with van der Waals surface area (Å²) in [6.45, 7) is 4.32. The van der Waals surface area contributed by atoms with Gasteiger partial charge in [-0.1, -0.05) is 37.3 Å². The van der Waals surface area contributed by atoms with Crippen LogP contribution in [0.25, 0.3) is 0 Å². The van der Waals surface area contributed by atoms with Gasteiger partial charge in [0.25, 0.3) is 0 Å². The fourth-order valence-corrected chi connectivity index (χ4v) is 1.24. The van der Waals surface area contributed by atoms with Gasteiger partial charge < -0.3 is 15.7 Å². The van der Waals surface area contributed by atoms with Crippen molar-refractivity contribution in [2.45, 2.75) is 32.4 Å². The second-order valence-electron chi connectivity index (χ2n) is 4.37. The van der Waals surface area contributed by atoms with Crippen LogP contribution in [0.15, 0.2) is 30.3 Å². The Morgan fingerprint density at radius 1 is 1.29 bits per heavy atom. The van der Waals surface area contributed by atoms with Gasteiger partial charge in [-0.25, -0.2) is 4.79 Å². The number of amides is 2. The summed E-state index contributed by atoms with van der Waals surface area (Å²) < 4.78 is 0. The van der Waals surface area contributed by atoms with Gasteiger partial charge in [-0.2, -0.15) is 0 Å². The van der Waals surface area contributed by atoms with E-state index in [1.807, 2.05) is 37.3 Å². The molecule has 1 unspecified atom stereocenters. The average Bonchev–Trinajstić information content (AvgIpc) is 2.35. The molecule has 0 aliphatic rings. The molecule has 1 rings (SSSR count). The second kappa shape index (κ2) is 6.25. The van der Waals surface area contributed by atoms with E-state index in [-0.39, 0.29) is 12.6 Å². The minimum atomic E-state index is -0.843. The lowest BCUT2D eigenvalue weighted by atomic mass is 10.0. The molecule has 0 fully saturated rings. The summed E-state index contributed by atoms with van der Waals surface area (Å²) in [6, 6.07) is 9.42. The first-order chi connectivity index (χ1) is 8.03. The van der Waals surface area contributed by atoms with Crippen molar-refractivity contribution in [2.75, 3.05) is 6.54 Å². The SMILES string of the molecule is CCC(C)(O)CNC(=O)NCc1ccccc1. The molecule has 0 radical (unpaired) electrons. The Labute approximate surface area is 102 Å². The molecular weight excluding hydrogens is 216 g/mol. The van der Waals surface area contributed by atoms with E-state index in [1.54, 1.807) is 6.92 Å². The summed E-state index contributed by atoms with van der Waals surface area (Å²) in [6.07, 6.45) is 0.603. The molecule has 4 heteroatoms. The number of aliphatic hydroxyl groups is 1. The largest absolute Gasteiger partial charge is 0.388 e. The van der Waals surface area contributed by atoms with Crippen molar-refractivity contribution in [1.82, 2.24) is 10.6 Å². The van der Waals surface area contributed by atoms with Crippen molar-refractivity contribution < 1.29 is 9.90 Å². The number of hydrogen-bond acceptors (Lipinski definition) is 2. The van der Waals surface area contributed by atoms with E-state index < -0.39 is 5.60 Å². The van der Waals surface area contributed by atoms with Gasteiger partial charge in [0.2, 0.25) is 0 Å². The fourth-order valence-electron chi connectivity index (χ4n) is 1.24. The number of carbonyl (C=O) groups excluding carboxylic acids is 1. The number of hydrogen-bond donors (Lipinski definition) is 3. The summed E-state index contributed by atoms with van der Waals surface area (Å²) in [5.74, 6) is 0.